The van der Waals surface area contributed by atoms with E-state index in [0.29, 0.717) is 35.4 Å². The van der Waals surface area contributed by atoms with Crippen molar-refractivity contribution in [2.24, 2.45) is 0 Å². The number of aliphatic hydroxyl groups excluding tert-OH is 1. The highest BCUT2D eigenvalue weighted by Crippen LogP contribution is 2.60. The molecule has 9 heteroatoms. The Kier molecular flexibility index (Phi) is 5.35. The van der Waals surface area contributed by atoms with Gasteiger partial charge in [-0.25, -0.2) is 0 Å². The molecular formula is C22H27NO8. The lowest BCUT2D eigenvalue weighted by Gasteiger charge is -2.55. The molecule has 1 aliphatic heterocycles. The van der Waals surface area contributed by atoms with E-state index in [1.807, 2.05) is 0 Å². The second kappa shape index (κ2) is 7.72. The van der Waals surface area contributed by atoms with Gasteiger partial charge in [-0.3, -0.25) is 9.59 Å². The van der Waals surface area contributed by atoms with Gasteiger partial charge in [0.05, 0.1) is 26.4 Å². The van der Waals surface area contributed by atoms with E-state index in [1.54, 1.807) is 12.1 Å². The summed E-state index contributed by atoms with van der Waals surface area (Å²) in [6.07, 6.45) is -1.95. The van der Waals surface area contributed by atoms with Crippen molar-refractivity contribution in [1.82, 2.24) is 5.32 Å². The molecule has 3 aliphatic rings. The van der Waals surface area contributed by atoms with Crippen LogP contribution in [0.5, 0.6) is 11.5 Å². The summed E-state index contributed by atoms with van der Waals surface area (Å²) in [5, 5.41) is 25.6. The zero-order valence-corrected chi connectivity index (χ0v) is 17.9. The lowest BCUT2D eigenvalue weighted by molar-refractivity contribution is -0.169. The molecule has 0 amide bonds. The summed E-state index contributed by atoms with van der Waals surface area (Å²) in [5.41, 5.74) is 0.993. The Morgan fingerprint density at radius 1 is 1.13 bits per heavy atom. The summed E-state index contributed by atoms with van der Waals surface area (Å²) in [6, 6.07) is 2.84. The maximum atomic E-state index is 11.9. The largest absolute Gasteiger partial charge is 0.504 e. The van der Waals surface area contributed by atoms with Gasteiger partial charge in [-0.2, -0.15) is 0 Å². The topological polar surface area (TPSA) is 124 Å². The van der Waals surface area contributed by atoms with Crippen LogP contribution in [0.3, 0.4) is 0 Å². The normalized spacial score (nSPS) is 31.3. The number of ether oxygens (including phenoxy) is 4. The number of esters is 2. The van der Waals surface area contributed by atoms with Crippen LogP contribution in [0.15, 0.2) is 23.5 Å². The predicted octanol–water partition coefficient (Wildman–Crippen LogP) is 1.22. The van der Waals surface area contributed by atoms with Crippen molar-refractivity contribution in [2.75, 3.05) is 20.8 Å². The summed E-state index contributed by atoms with van der Waals surface area (Å²) < 4.78 is 22.2. The number of aromatic hydroxyl groups is 1. The Balaban J connectivity index is 2.02. The van der Waals surface area contributed by atoms with Crippen molar-refractivity contribution in [1.29, 1.82) is 0 Å². The molecule has 0 radical (unpaired) electrons. The fraction of sp³-hybridized carbons (Fsp3) is 0.545. The highest BCUT2D eigenvalue weighted by molar-refractivity contribution is 5.69. The number of benzene rings is 1. The molecule has 3 N–H and O–H groups in total. The first-order valence-corrected chi connectivity index (χ1v) is 10.2. The van der Waals surface area contributed by atoms with Crippen LogP contribution >= 0.6 is 0 Å². The highest BCUT2D eigenvalue weighted by atomic mass is 16.6. The molecule has 0 aromatic heterocycles. The number of hydrogen-bond donors (Lipinski definition) is 3. The van der Waals surface area contributed by atoms with Gasteiger partial charge in [-0.05, 0) is 24.6 Å². The number of carbonyl (C=O) groups is 2. The third-order valence-electron chi connectivity index (χ3n) is 6.49. The summed E-state index contributed by atoms with van der Waals surface area (Å²) in [5.74, 6) is -0.542. The first kappa shape index (κ1) is 21.5. The molecule has 0 spiro atoms. The van der Waals surface area contributed by atoms with E-state index in [9.17, 15) is 19.8 Å². The molecule has 5 atom stereocenters. The average Bonchev–Trinajstić information content (AvgIpc) is 2.71. The van der Waals surface area contributed by atoms with Crippen molar-refractivity contribution in [3.05, 3.63) is 34.6 Å². The monoisotopic (exact) mass is 433 g/mol. The number of phenolic OH excluding ortho intramolecular Hbond substituents is 1. The van der Waals surface area contributed by atoms with Gasteiger partial charge >= 0.3 is 11.9 Å². The van der Waals surface area contributed by atoms with Crippen molar-refractivity contribution in [2.45, 2.75) is 56.5 Å². The second-order valence-corrected chi connectivity index (χ2v) is 8.15. The van der Waals surface area contributed by atoms with Gasteiger partial charge in [0.25, 0.3) is 0 Å². The van der Waals surface area contributed by atoms with Crippen molar-refractivity contribution in [3.63, 3.8) is 0 Å². The predicted molar refractivity (Wildman–Crippen MR) is 107 cm³/mol. The van der Waals surface area contributed by atoms with Crippen LogP contribution < -0.4 is 10.1 Å². The van der Waals surface area contributed by atoms with Crippen molar-refractivity contribution >= 4 is 11.9 Å². The highest BCUT2D eigenvalue weighted by Gasteiger charge is 2.60. The molecule has 2 aliphatic carbocycles. The molecule has 1 aromatic carbocycles. The van der Waals surface area contributed by atoms with Gasteiger partial charge in [-0.1, -0.05) is 6.07 Å². The first-order chi connectivity index (χ1) is 14.7. The summed E-state index contributed by atoms with van der Waals surface area (Å²) >= 11 is 0. The SMILES string of the molecule is COC1=C2[C@H]3NCC[C@]2(C[C@H](OC(C)=O)[C@@H]1OC(C)=O)c1c(ccc(OC)c1O)[C@H]3O. The van der Waals surface area contributed by atoms with Crippen LogP contribution in [-0.4, -0.2) is 61.2 Å². The van der Waals surface area contributed by atoms with Crippen LogP contribution in [0.1, 0.15) is 43.9 Å². The van der Waals surface area contributed by atoms with Crippen LogP contribution in [0.2, 0.25) is 0 Å². The quantitative estimate of drug-likeness (QED) is 0.601. The van der Waals surface area contributed by atoms with Gasteiger partial charge in [-0.15, -0.1) is 0 Å². The van der Waals surface area contributed by atoms with E-state index < -0.39 is 41.7 Å². The fourth-order valence-electron chi connectivity index (χ4n) is 5.51. The molecule has 4 rings (SSSR count). The number of fused-ring (bicyclic) bond motifs is 1. The molecule has 1 aromatic rings. The van der Waals surface area contributed by atoms with Crippen molar-refractivity contribution < 1.29 is 38.7 Å². The van der Waals surface area contributed by atoms with E-state index in [0.717, 1.165) is 0 Å². The summed E-state index contributed by atoms with van der Waals surface area (Å²) in [7, 11) is 2.91. The number of phenols is 1. The fourth-order valence-corrected chi connectivity index (χ4v) is 5.51. The van der Waals surface area contributed by atoms with Gasteiger partial charge < -0.3 is 34.5 Å². The smallest absolute Gasteiger partial charge is 0.303 e. The number of nitrogens with one attached hydrogen (secondary N) is 1. The van der Waals surface area contributed by atoms with E-state index in [4.69, 9.17) is 18.9 Å². The molecule has 0 unspecified atom stereocenters. The number of piperidine rings is 1. The van der Waals surface area contributed by atoms with Gasteiger partial charge in [0.1, 0.15) is 11.9 Å². The summed E-state index contributed by atoms with van der Waals surface area (Å²) in [6.45, 7) is 3.12. The Morgan fingerprint density at radius 2 is 1.84 bits per heavy atom. The third-order valence-corrected chi connectivity index (χ3v) is 6.49. The number of hydrogen-bond acceptors (Lipinski definition) is 9. The maximum Gasteiger partial charge on any atom is 0.303 e. The molecule has 2 bridgehead atoms. The third kappa shape index (κ3) is 3.14. The number of rotatable bonds is 4. The maximum absolute atomic E-state index is 11.9. The molecule has 1 saturated heterocycles. The first-order valence-electron chi connectivity index (χ1n) is 10.2. The average molecular weight is 433 g/mol. The minimum absolute atomic E-state index is 0.0696. The standard InChI is InChI=1S/C22H27NO8/c1-10(24)30-14-9-22-7-8-23-17(16(22)21(29-4)20(14)31-11(2)25)18(26)12-5-6-13(28-3)19(27)15(12)22/h5-6,14,17-18,20,23,26-27H,7-9H2,1-4H3/t14-,17+,18+,20-,22-/m0/s1. The Bertz CT molecular complexity index is 957. The number of methoxy groups -OCH3 is 2. The van der Waals surface area contributed by atoms with Gasteiger partial charge in [0.15, 0.2) is 17.6 Å². The Morgan fingerprint density at radius 3 is 2.45 bits per heavy atom. The van der Waals surface area contributed by atoms with Crippen molar-refractivity contribution in [3.8, 4) is 11.5 Å². The van der Waals surface area contributed by atoms with Gasteiger partial charge in [0, 0.05) is 36.8 Å². The van der Waals surface area contributed by atoms with E-state index in [1.165, 1.54) is 28.1 Å². The summed E-state index contributed by atoms with van der Waals surface area (Å²) in [4.78, 5) is 23.7. The second-order valence-electron chi connectivity index (χ2n) is 8.15. The molecule has 0 saturated carbocycles. The zero-order valence-electron chi connectivity index (χ0n) is 17.9. The van der Waals surface area contributed by atoms with Gasteiger partial charge in [0.2, 0.25) is 0 Å². The van der Waals surface area contributed by atoms with Crippen LogP contribution in [-0.2, 0) is 29.2 Å². The van der Waals surface area contributed by atoms with E-state index in [2.05, 4.69) is 5.32 Å². The molecule has 1 fully saturated rings. The van der Waals surface area contributed by atoms with E-state index in [-0.39, 0.29) is 17.9 Å². The molecular weight excluding hydrogens is 406 g/mol. The van der Waals surface area contributed by atoms with Crippen LogP contribution in [0.25, 0.3) is 0 Å². The molecule has 31 heavy (non-hydrogen) atoms. The zero-order chi connectivity index (χ0) is 22.5. The molecule has 1 heterocycles. The minimum Gasteiger partial charge on any atom is -0.504 e. The number of aliphatic hydroxyl groups is 1. The minimum atomic E-state index is -0.969. The Hall–Kier alpha value is -2.78. The van der Waals surface area contributed by atoms with Crippen LogP contribution in [0.4, 0.5) is 0 Å². The lowest BCUT2D eigenvalue weighted by atomic mass is 9.55. The van der Waals surface area contributed by atoms with E-state index >= 15 is 0 Å². The number of carbonyl (C=O) groups excluding carboxylic acids is 2. The van der Waals surface area contributed by atoms with Crippen LogP contribution in [0, 0.1) is 0 Å². The Labute approximate surface area is 179 Å². The lowest BCUT2D eigenvalue weighted by Crippen LogP contribution is -2.61. The molecule has 9 nitrogen and oxygen atoms in total. The molecule has 168 valence electrons.